The van der Waals surface area contributed by atoms with Gasteiger partial charge in [-0.1, -0.05) is 6.07 Å². The van der Waals surface area contributed by atoms with Crippen molar-refractivity contribution in [2.45, 2.75) is 13.3 Å². The normalized spacial score (nSPS) is 16.8. The molecule has 3 N–H and O–H groups in total. The van der Waals surface area contributed by atoms with Gasteiger partial charge in [-0.2, -0.15) is 0 Å². The number of nitrogens with zero attached hydrogens (tertiary/aromatic N) is 1. The number of benzene rings is 1. The number of rotatable bonds is 3. The summed E-state index contributed by atoms with van der Waals surface area (Å²) >= 11 is 0. The lowest BCUT2D eigenvalue weighted by Gasteiger charge is -2.08. The Kier molecular flexibility index (Phi) is 3.93. The molecule has 0 aromatic heterocycles. The molecule has 6 heteroatoms. The van der Waals surface area contributed by atoms with Gasteiger partial charge in [-0.05, 0) is 37.1 Å². The summed E-state index contributed by atoms with van der Waals surface area (Å²) in [5.74, 6) is 0.0353. The minimum absolute atomic E-state index is 0.0468. The second-order valence-electron chi connectivity index (χ2n) is 4.37. The van der Waals surface area contributed by atoms with Gasteiger partial charge < -0.3 is 15.6 Å². The van der Waals surface area contributed by atoms with E-state index in [0.29, 0.717) is 30.9 Å². The molecule has 106 valence electrons. The highest BCUT2D eigenvalue weighted by Gasteiger charge is 2.29. The van der Waals surface area contributed by atoms with Crippen LogP contribution in [0.25, 0.3) is 6.08 Å². The minimum atomic E-state index is -0.737. The molecule has 1 aliphatic rings. The van der Waals surface area contributed by atoms with Crippen molar-refractivity contribution in [1.82, 2.24) is 4.90 Å². The summed E-state index contributed by atoms with van der Waals surface area (Å²) < 4.78 is 5.28. The molecule has 3 amide bonds. The van der Waals surface area contributed by atoms with E-state index < -0.39 is 6.03 Å². The molecule has 0 bridgehead atoms. The van der Waals surface area contributed by atoms with Crippen molar-refractivity contribution in [3.63, 3.8) is 0 Å². The second kappa shape index (κ2) is 5.64. The zero-order valence-electron chi connectivity index (χ0n) is 11.1. The van der Waals surface area contributed by atoms with Crippen molar-refractivity contribution in [2.75, 3.05) is 13.2 Å². The molecule has 0 atom stereocenters. The second-order valence-corrected chi connectivity index (χ2v) is 4.37. The Morgan fingerprint density at radius 2 is 2.30 bits per heavy atom. The first-order chi connectivity index (χ1) is 9.52. The fraction of sp³-hybridized carbons (Fsp3) is 0.286. The zero-order chi connectivity index (χ0) is 14.7. The third kappa shape index (κ3) is 2.74. The van der Waals surface area contributed by atoms with Gasteiger partial charge in [-0.25, -0.2) is 4.79 Å². The van der Waals surface area contributed by atoms with Gasteiger partial charge >= 0.3 is 6.03 Å². The topological polar surface area (TPSA) is 92.9 Å². The van der Waals surface area contributed by atoms with Crippen LogP contribution in [-0.2, 0) is 4.79 Å². The number of hydrogen-bond acceptors (Lipinski definition) is 4. The van der Waals surface area contributed by atoms with E-state index in [4.69, 9.17) is 10.5 Å². The third-order valence-corrected chi connectivity index (χ3v) is 3.02. The Bertz CT molecular complexity index is 581. The van der Waals surface area contributed by atoms with Crippen molar-refractivity contribution in [3.05, 3.63) is 29.3 Å². The standard InChI is InChI=1S/C14H16N2O4/c1-2-20-12-8-9(3-4-11(12)17)7-10-5-6-16(13(10)18)14(15)19/h3-4,7-8,17H,2,5-6H2,1H3,(H2,15,19). The van der Waals surface area contributed by atoms with E-state index in [2.05, 4.69) is 0 Å². The number of carbonyl (C=O) groups is 2. The van der Waals surface area contributed by atoms with Crippen molar-refractivity contribution >= 4 is 18.0 Å². The summed E-state index contributed by atoms with van der Waals surface area (Å²) in [5, 5.41) is 9.61. The summed E-state index contributed by atoms with van der Waals surface area (Å²) in [6.07, 6.45) is 2.14. The average Bonchev–Trinajstić information content (AvgIpc) is 2.75. The molecule has 1 fully saturated rings. The van der Waals surface area contributed by atoms with Crippen LogP contribution >= 0.6 is 0 Å². The van der Waals surface area contributed by atoms with Crippen LogP contribution in [0.5, 0.6) is 11.5 Å². The highest BCUT2D eigenvalue weighted by atomic mass is 16.5. The number of aromatic hydroxyl groups is 1. The van der Waals surface area contributed by atoms with Gasteiger partial charge in [0.15, 0.2) is 11.5 Å². The Morgan fingerprint density at radius 1 is 1.55 bits per heavy atom. The fourth-order valence-electron chi connectivity index (χ4n) is 2.05. The van der Waals surface area contributed by atoms with Gasteiger partial charge in [0.25, 0.3) is 5.91 Å². The van der Waals surface area contributed by atoms with Crippen molar-refractivity contribution in [3.8, 4) is 11.5 Å². The molecule has 1 aromatic carbocycles. The van der Waals surface area contributed by atoms with Gasteiger partial charge in [0.2, 0.25) is 0 Å². The fourth-order valence-corrected chi connectivity index (χ4v) is 2.05. The predicted molar refractivity (Wildman–Crippen MR) is 73.2 cm³/mol. The van der Waals surface area contributed by atoms with Gasteiger partial charge in [0, 0.05) is 12.1 Å². The van der Waals surface area contributed by atoms with Crippen molar-refractivity contribution < 1.29 is 19.4 Å². The van der Waals surface area contributed by atoms with Crippen LogP contribution in [0.3, 0.4) is 0 Å². The summed E-state index contributed by atoms with van der Waals surface area (Å²) in [5.41, 5.74) is 6.35. The predicted octanol–water partition coefficient (Wildman–Crippen LogP) is 1.49. The number of imide groups is 1. The number of likely N-dealkylation sites (tertiary alicyclic amines) is 1. The van der Waals surface area contributed by atoms with Crippen LogP contribution in [0.1, 0.15) is 18.9 Å². The van der Waals surface area contributed by atoms with E-state index in [-0.39, 0.29) is 11.7 Å². The molecule has 1 saturated heterocycles. The molecule has 0 radical (unpaired) electrons. The van der Waals surface area contributed by atoms with Crippen LogP contribution in [-0.4, -0.2) is 35.1 Å². The Labute approximate surface area is 116 Å². The molecule has 0 aliphatic carbocycles. The molecular weight excluding hydrogens is 260 g/mol. The number of urea groups is 1. The number of phenolic OH excluding ortho intramolecular Hbond substituents is 1. The lowest BCUT2D eigenvalue weighted by atomic mass is 10.1. The molecular formula is C14H16N2O4. The van der Waals surface area contributed by atoms with E-state index in [9.17, 15) is 14.7 Å². The number of nitrogens with two attached hydrogens (primary N) is 1. The first kappa shape index (κ1) is 13.9. The van der Waals surface area contributed by atoms with Crippen molar-refractivity contribution in [2.24, 2.45) is 5.73 Å². The highest BCUT2D eigenvalue weighted by Crippen LogP contribution is 2.29. The SMILES string of the molecule is CCOc1cc(C=C2CCN(C(N)=O)C2=O)ccc1O. The maximum atomic E-state index is 11.9. The minimum Gasteiger partial charge on any atom is -0.504 e. The van der Waals surface area contributed by atoms with Crippen LogP contribution in [0, 0.1) is 0 Å². The molecule has 0 saturated carbocycles. The quantitative estimate of drug-likeness (QED) is 0.818. The Morgan fingerprint density at radius 3 is 2.90 bits per heavy atom. The van der Waals surface area contributed by atoms with Gasteiger partial charge in [0.1, 0.15) is 0 Å². The van der Waals surface area contributed by atoms with Crippen molar-refractivity contribution in [1.29, 1.82) is 0 Å². The van der Waals surface area contributed by atoms with Crippen LogP contribution in [0.4, 0.5) is 4.79 Å². The van der Waals surface area contributed by atoms with Gasteiger partial charge in [-0.15, -0.1) is 0 Å². The number of ether oxygens (including phenoxy) is 1. The van der Waals surface area contributed by atoms with E-state index in [1.54, 1.807) is 18.2 Å². The monoisotopic (exact) mass is 276 g/mol. The van der Waals surface area contributed by atoms with Crippen LogP contribution in [0.2, 0.25) is 0 Å². The molecule has 1 aromatic rings. The lowest BCUT2D eigenvalue weighted by molar-refractivity contribution is -0.122. The first-order valence-corrected chi connectivity index (χ1v) is 6.30. The summed E-state index contributed by atoms with van der Waals surface area (Å²) in [7, 11) is 0. The molecule has 6 nitrogen and oxygen atoms in total. The van der Waals surface area contributed by atoms with Gasteiger partial charge in [0.05, 0.1) is 6.61 Å². The number of primary amides is 1. The molecule has 1 heterocycles. The van der Waals surface area contributed by atoms with E-state index >= 15 is 0 Å². The molecule has 2 rings (SSSR count). The maximum Gasteiger partial charge on any atom is 0.321 e. The van der Waals surface area contributed by atoms with E-state index in [0.717, 1.165) is 10.5 Å². The van der Waals surface area contributed by atoms with E-state index in [1.165, 1.54) is 6.07 Å². The van der Waals surface area contributed by atoms with Gasteiger partial charge in [-0.3, -0.25) is 9.69 Å². The van der Waals surface area contributed by atoms with Crippen LogP contribution in [0.15, 0.2) is 23.8 Å². The third-order valence-electron chi connectivity index (χ3n) is 3.02. The lowest BCUT2D eigenvalue weighted by Crippen LogP contribution is -2.36. The largest absolute Gasteiger partial charge is 0.504 e. The smallest absolute Gasteiger partial charge is 0.321 e. The summed E-state index contributed by atoms with van der Waals surface area (Å²) in [4.78, 5) is 24.0. The molecule has 0 spiro atoms. The van der Waals surface area contributed by atoms with E-state index in [1.807, 2.05) is 6.92 Å². The summed E-state index contributed by atoms with van der Waals surface area (Å²) in [6, 6.07) is 4.08. The number of amides is 3. The highest BCUT2D eigenvalue weighted by molar-refractivity contribution is 6.08. The Balaban J connectivity index is 2.25. The first-order valence-electron chi connectivity index (χ1n) is 6.30. The maximum absolute atomic E-state index is 11.9. The average molecular weight is 276 g/mol. The summed E-state index contributed by atoms with van der Waals surface area (Å²) in [6.45, 7) is 2.55. The Hall–Kier alpha value is -2.50. The molecule has 1 aliphatic heterocycles. The van der Waals surface area contributed by atoms with Crippen LogP contribution < -0.4 is 10.5 Å². The number of phenols is 1. The molecule has 20 heavy (non-hydrogen) atoms. The number of carbonyl (C=O) groups excluding carboxylic acids is 2. The zero-order valence-corrected chi connectivity index (χ0v) is 11.1. The number of hydrogen-bond donors (Lipinski definition) is 2. The molecule has 0 unspecified atom stereocenters.